The molecule has 4 aromatic rings. The number of aryl methyl sites for hydroxylation is 1. The Hall–Kier alpha value is -3.46. The van der Waals surface area contributed by atoms with Gasteiger partial charge in [-0.15, -0.1) is 5.10 Å². The summed E-state index contributed by atoms with van der Waals surface area (Å²) in [6.45, 7) is 2.03. The van der Waals surface area contributed by atoms with E-state index in [0.29, 0.717) is 22.7 Å². The van der Waals surface area contributed by atoms with Crippen LogP contribution in [-0.4, -0.2) is 29.7 Å². The Morgan fingerprint density at radius 3 is 2.57 bits per heavy atom. The molecule has 2 aromatic heterocycles. The monoisotopic (exact) mass is 390 g/mol. The summed E-state index contributed by atoms with van der Waals surface area (Å²) in [6.07, 6.45) is 1.68. The number of aromatic nitrogens is 6. The fraction of sp³-hybridized carbons (Fsp3) is 0.105. The molecule has 0 aliphatic carbocycles. The van der Waals surface area contributed by atoms with Gasteiger partial charge in [-0.2, -0.15) is 15.0 Å². The van der Waals surface area contributed by atoms with E-state index in [1.54, 1.807) is 11.0 Å². The molecule has 28 heavy (non-hydrogen) atoms. The van der Waals surface area contributed by atoms with Crippen LogP contribution >= 0.6 is 11.8 Å². The topological polar surface area (TPSA) is 107 Å². The van der Waals surface area contributed by atoms with E-state index < -0.39 is 0 Å². The third-order valence-corrected chi connectivity index (χ3v) is 4.68. The van der Waals surface area contributed by atoms with E-state index >= 15 is 0 Å². The molecule has 0 spiro atoms. The van der Waals surface area contributed by atoms with Crippen molar-refractivity contribution in [3.8, 4) is 5.69 Å². The van der Waals surface area contributed by atoms with Gasteiger partial charge in [0.25, 0.3) is 0 Å². The Morgan fingerprint density at radius 2 is 1.79 bits per heavy atom. The van der Waals surface area contributed by atoms with E-state index in [2.05, 4.69) is 30.4 Å². The molecule has 0 bridgehead atoms. The maximum atomic E-state index is 5.84. The molecular formula is C19H18N8S. The number of anilines is 3. The average Bonchev–Trinajstić information content (AvgIpc) is 3.18. The van der Waals surface area contributed by atoms with Crippen LogP contribution in [0.25, 0.3) is 5.69 Å². The number of nitrogen functional groups attached to an aromatic ring is 1. The zero-order valence-corrected chi connectivity index (χ0v) is 16.0. The first-order chi connectivity index (χ1) is 13.7. The summed E-state index contributed by atoms with van der Waals surface area (Å²) in [5, 5.41) is 8.25. The second-order valence-electron chi connectivity index (χ2n) is 6.02. The Bertz CT molecular complexity index is 1060. The fourth-order valence-electron chi connectivity index (χ4n) is 2.47. The van der Waals surface area contributed by atoms with Crippen LogP contribution in [0.15, 0.2) is 66.1 Å². The summed E-state index contributed by atoms with van der Waals surface area (Å²) in [5.74, 6) is 1.62. The van der Waals surface area contributed by atoms with Crippen molar-refractivity contribution in [2.24, 2.45) is 0 Å². The lowest BCUT2D eigenvalue weighted by Gasteiger charge is -2.07. The minimum absolute atomic E-state index is 0.169. The van der Waals surface area contributed by atoms with Crippen molar-refractivity contribution in [2.75, 3.05) is 11.1 Å². The van der Waals surface area contributed by atoms with Crippen LogP contribution in [0.2, 0.25) is 0 Å². The van der Waals surface area contributed by atoms with Gasteiger partial charge in [-0.1, -0.05) is 47.7 Å². The van der Waals surface area contributed by atoms with Crippen molar-refractivity contribution in [3.05, 3.63) is 72.3 Å². The molecular weight excluding hydrogens is 372 g/mol. The third-order valence-electron chi connectivity index (χ3n) is 3.83. The SMILES string of the molecule is Cc1ccc(Nc2nc(N)nc(CSc3ncn(-c4ccccc4)n3)n2)cc1. The summed E-state index contributed by atoms with van der Waals surface area (Å²) in [7, 11) is 0. The largest absolute Gasteiger partial charge is 0.368 e. The Balaban J connectivity index is 1.44. The van der Waals surface area contributed by atoms with Gasteiger partial charge in [0, 0.05) is 5.69 Å². The number of nitrogens with two attached hydrogens (primary N) is 1. The number of rotatable bonds is 6. The molecule has 8 nitrogen and oxygen atoms in total. The summed E-state index contributed by atoms with van der Waals surface area (Å²) < 4.78 is 1.73. The van der Waals surface area contributed by atoms with Crippen LogP contribution in [-0.2, 0) is 5.75 Å². The molecule has 0 radical (unpaired) electrons. The lowest BCUT2D eigenvalue weighted by Crippen LogP contribution is -2.06. The number of para-hydroxylation sites is 1. The van der Waals surface area contributed by atoms with Gasteiger partial charge >= 0.3 is 0 Å². The number of benzene rings is 2. The summed E-state index contributed by atoms with van der Waals surface area (Å²) >= 11 is 1.44. The third kappa shape index (κ3) is 4.44. The van der Waals surface area contributed by atoms with Gasteiger partial charge < -0.3 is 11.1 Å². The van der Waals surface area contributed by atoms with Crippen LogP contribution in [0.4, 0.5) is 17.6 Å². The van der Waals surface area contributed by atoms with Crippen LogP contribution in [0.3, 0.4) is 0 Å². The molecule has 2 heterocycles. The molecule has 3 N–H and O–H groups in total. The fourth-order valence-corrected chi connectivity index (χ4v) is 3.13. The van der Waals surface area contributed by atoms with E-state index in [9.17, 15) is 0 Å². The van der Waals surface area contributed by atoms with E-state index in [0.717, 1.165) is 11.4 Å². The summed E-state index contributed by atoms with van der Waals surface area (Å²) in [4.78, 5) is 17.1. The molecule has 0 fully saturated rings. The van der Waals surface area contributed by atoms with Crippen molar-refractivity contribution in [1.82, 2.24) is 29.7 Å². The van der Waals surface area contributed by atoms with Gasteiger partial charge in [-0.25, -0.2) is 9.67 Å². The molecule has 0 saturated heterocycles. The van der Waals surface area contributed by atoms with E-state index in [1.165, 1.54) is 17.3 Å². The van der Waals surface area contributed by atoms with Gasteiger partial charge in [0.05, 0.1) is 11.4 Å². The first-order valence-electron chi connectivity index (χ1n) is 8.60. The zero-order valence-electron chi connectivity index (χ0n) is 15.1. The number of nitrogens with one attached hydrogen (secondary N) is 1. The van der Waals surface area contributed by atoms with Gasteiger partial charge in [0.1, 0.15) is 12.2 Å². The average molecular weight is 390 g/mol. The van der Waals surface area contributed by atoms with Crippen molar-refractivity contribution in [3.63, 3.8) is 0 Å². The molecule has 4 rings (SSSR count). The van der Waals surface area contributed by atoms with Gasteiger partial charge in [-0.3, -0.25) is 0 Å². The van der Waals surface area contributed by atoms with Crippen molar-refractivity contribution < 1.29 is 0 Å². The molecule has 2 aromatic carbocycles. The van der Waals surface area contributed by atoms with E-state index in [-0.39, 0.29) is 5.95 Å². The molecule has 140 valence electrons. The van der Waals surface area contributed by atoms with Gasteiger partial charge in [0.15, 0.2) is 0 Å². The van der Waals surface area contributed by atoms with Crippen LogP contribution in [0.5, 0.6) is 0 Å². The lowest BCUT2D eigenvalue weighted by atomic mass is 10.2. The van der Waals surface area contributed by atoms with Crippen LogP contribution in [0, 0.1) is 6.92 Å². The quantitative estimate of drug-likeness (QED) is 0.483. The van der Waals surface area contributed by atoms with Crippen LogP contribution < -0.4 is 11.1 Å². The normalized spacial score (nSPS) is 10.8. The minimum atomic E-state index is 0.169. The van der Waals surface area contributed by atoms with E-state index in [4.69, 9.17) is 5.73 Å². The molecule has 0 aliphatic rings. The van der Waals surface area contributed by atoms with E-state index in [1.807, 2.05) is 61.5 Å². The Morgan fingerprint density at radius 1 is 1.00 bits per heavy atom. The van der Waals surface area contributed by atoms with Crippen LogP contribution in [0.1, 0.15) is 11.4 Å². The number of nitrogens with zero attached hydrogens (tertiary/aromatic N) is 6. The first-order valence-corrected chi connectivity index (χ1v) is 9.58. The van der Waals surface area contributed by atoms with Crippen molar-refractivity contribution >= 4 is 29.3 Å². The minimum Gasteiger partial charge on any atom is -0.368 e. The second kappa shape index (κ2) is 8.05. The zero-order chi connectivity index (χ0) is 19.3. The molecule has 0 atom stereocenters. The predicted octanol–water partition coefficient (Wildman–Crippen LogP) is 3.38. The lowest BCUT2D eigenvalue weighted by molar-refractivity contribution is 0.833. The number of hydrogen-bond acceptors (Lipinski definition) is 8. The highest BCUT2D eigenvalue weighted by atomic mass is 32.2. The second-order valence-corrected chi connectivity index (χ2v) is 6.96. The molecule has 9 heteroatoms. The summed E-state index contributed by atoms with van der Waals surface area (Å²) in [6, 6.07) is 17.8. The van der Waals surface area contributed by atoms with Gasteiger partial charge in [0.2, 0.25) is 17.1 Å². The Kier molecular flexibility index (Phi) is 5.16. The first kappa shape index (κ1) is 17.9. The maximum absolute atomic E-state index is 5.84. The molecule has 0 amide bonds. The number of thioether (sulfide) groups is 1. The maximum Gasteiger partial charge on any atom is 0.232 e. The summed E-state index contributed by atoms with van der Waals surface area (Å²) in [5.41, 5.74) is 8.86. The highest BCUT2D eigenvalue weighted by Gasteiger charge is 2.09. The molecule has 0 saturated carbocycles. The standard InChI is InChI=1S/C19H18N8S/c1-13-7-9-14(10-8-13)22-18-24-16(23-17(20)25-18)11-28-19-21-12-27(26-19)15-5-3-2-4-6-15/h2-10,12H,11H2,1H3,(H3,20,22,23,24,25). The predicted molar refractivity (Wildman–Crippen MR) is 110 cm³/mol. The van der Waals surface area contributed by atoms with Crippen molar-refractivity contribution in [1.29, 1.82) is 0 Å². The molecule has 0 aliphatic heterocycles. The van der Waals surface area contributed by atoms with Crippen molar-refractivity contribution in [2.45, 2.75) is 17.8 Å². The molecule has 0 unspecified atom stereocenters. The smallest absolute Gasteiger partial charge is 0.232 e. The highest BCUT2D eigenvalue weighted by molar-refractivity contribution is 7.98. The highest BCUT2D eigenvalue weighted by Crippen LogP contribution is 2.20. The Labute approximate surface area is 166 Å². The number of hydrogen-bond donors (Lipinski definition) is 2. The van der Waals surface area contributed by atoms with Gasteiger partial charge in [-0.05, 0) is 31.2 Å².